The minimum absolute atomic E-state index is 0.127. The van der Waals surface area contributed by atoms with Crippen LogP contribution >= 0.6 is 0 Å². The molecule has 18 heavy (non-hydrogen) atoms. The third-order valence-electron chi connectivity index (χ3n) is 3.83. The van der Waals surface area contributed by atoms with Crippen LogP contribution < -0.4 is 0 Å². The molecule has 3 nitrogen and oxygen atoms in total. The maximum Gasteiger partial charge on any atom is 0.306 e. The second-order valence-electron chi connectivity index (χ2n) is 5.02. The van der Waals surface area contributed by atoms with Crippen LogP contribution in [0.25, 0.3) is 0 Å². The number of rotatable bonds is 5. The van der Waals surface area contributed by atoms with E-state index in [9.17, 15) is 4.79 Å². The van der Waals surface area contributed by atoms with E-state index in [1.54, 1.807) is 0 Å². The fraction of sp³-hybridized carbons (Fsp3) is 0.467. The average Bonchev–Trinajstić information content (AvgIpc) is 3.16. The molecule has 1 fully saturated rings. The van der Waals surface area contributed by atoms with Gasteiger partial charge in [-0.3, -0.25) is 4.79 Å². The van der Waals surface area contributed by atoms with Gasteiger partial charge in [0.15, 0.2) is 0 Å². The molecule has 0 heterocycles. The number of hydrogen-bond donors (Lipinski definition) is 1. The topological polar surface area (TPSA) is 61.1 Å². The number of nitriles is 1. The van der Waals surface area contributed by atoms with E-state index >= 15 is 0 Å². The second kappa shape index (κ2) is 5.22. The molecule has 3 unspecified atom stereocenters. The molecule has 1 aliphatic carbocycles. The Morgan fingerprint density at radius 1 is 1.50 bits per heavy atom. The summed E-state index contributed by atoms with van der Waals surface area (Å²) in [7, 11) is 0. The standard InChI is InChI=1S/C15H17NO2/c1-2-11(7-13-8-14(13)15(17)18)12-5-3-10(9-16)4-6-12/h3-6,11,13-14H,2,7-8H2,1H3,(H,17,18). The number of carbonyl (C=O) groups is 1. The summed E-state index contributed by atoms with van der Waals surface area (Å²) in [6, 6.07) is 9.76. The predicted octanol–water partition coefficient (Wildman–Crippen LogP) is 3.16. The first-order chi connectivity index (χ1) is 8.65. The monoisotopic (exact) mass is 243 g/mol. The lowest BCUT2D eigenvalue weighted by molar-refractivity contribution is -0.138. The number of aliphatic carboxylic acids is 1. The van der Waals surface area contributed by atoms with Crippen LogP contribution in [0.5, 0.6) is 0 Å². The van der Waals surface area contributed by atoms with Crippen molar-refractivity contribution in [1.82, 2.24) is 0 Å². The van der Waals surface area contributed by atoms with Crippen LogP contribution in [0.3, 0.4) is 0 Å². The molecule has 3 atom stereocenters. The number of carboxylic acid groups (broad SMARTS) is 1. The van der Waals surface area contributed by atoms with E-state index in [4.69, 9.17) is 10.4 Å². The first-order valence-electron chi connectivity index (χ1n) is 6.38. The summed E-state index contributed by atoms with van der Waals surface area (Å²) >= 11 is 0. The lowest BCUT2D eigenvalue weighted by Crippen LogP contribution is -2.04. The lowest BCUT2D eigenvalue weighted by Gasteiger charge is -2.15. The highest BCUT2D eigenvalue weighted by molar-refractivity contribution is 5.73. The second-order valence-corrected chi connectivity index (χ2v) is 5.02. The van der Waals surface area contributed by atoms with E-state index in [-0.39, 0.29) is 5.92 Å². The quantitative estimate of drug-likeness (QED) is 0.864. The highest BCUT2D eigenvalue weighted by Gasteiger charge is 2.43. The summed E-state index contributed by atoms with van der Waals surface area (Å²) in [5.74, 6) is -0.0395. The van der Waals surface area contributed by atoms with Gasteiger partial charge in [0.2, 0.25) is 0 Å². The van der Waals surface area contributed by atoms with Gasteiger partial charge in [0.25, 0.3) is 0 Å². The zero-order valence-corrected chi connectivity index (χ0v) is 10.5. The molecule has 1 aromatic rings. The van der Waals surface area contributed by atoms with Gasteiger partial charge in [-0.25, -0.2) is 0 Å². The molecule has 3 heteroatoms. The SMILES string of the molecule is CCC(CC1CC1C(=O)O)c1ccc(C#N)cc1. The van der Waals surface area contributed by atoms with E-state index < -0.39 is 5.97 Å². The number of benzene rings is 1. The zero-order valence-electron chi connectivity index (χ0n) is 10.5. The van der Waals surface area contributed by atoms with Crippen LogP contribution in [-0.4, -0.2) is 11.1 Å². The Hall–Kier alpha value is -1.82. The first-order valence-corrected chi connectivity index (χ1v) is 6.38. The molecule has 0 bridgehead atoms. The fourth-order valence-electron chi connectivity index (χ4n) is 2.54. The highest BCUT2D eigenvalue weighted by atomic mass is 16.4. The summed E-state index contributed by atoms with van der Waals surface area (Å²) in [5, 5.41) is 17.7. The van der Waals surface area contributed by atoms with Gasteiger partial charge in [-0.2, -0.15) is 5.26 Å². The molecule has 0 aliphatic heterocycles. The van der Waals surface area contributed by atoms with Gasteiger partial charge in [-0.1, -0.05) is 19.1 Å². The van der Waals surface area contributed by atoms with Gasteiger partial charge in [0.1, 0.15) is 0 Å². The minimum atomic E-state index is -0.658. The molecule has 0 spiro atoms. The Morgan fingerprint density at radius 3 is 2.61 bits per heavy atom. The Kier molecular flexibility index (Phi) is 3.66. The Morgan fingerprint density at radius 2 is 2.17 bits per heavy atom. The summed E-state index contributed by atoms with van der Waals surface area (Å²) in [6.45, 7) is 2.13. The van der Waals surface area contributed by atoms with Crippen molar-refractivity contribution in [3.63, 3.8) is 0 Å². The molecule has 0 radical (unpaired) electrons. The summed E-state index contributed by atoms with van der Waals surface area (Å²) in [6.07, 6.45) is 2.77. The fourth-order valence-corrected chi connectivity index (χ4v) is 2.54. The van der Waals surface area contributed by atoms with Crippen molar-refractivity contribution in [2.45, 2.75) is 32.1 Å². The molecule has 1 N–H and O–H groups in total. The van der Waals surface area contributed by atoms with E-state index in [2.05, 4.69) is 13.0 Å². The molecule has 1 aromatic carbocycles. The van der Waals surface area contributed by atoms with Crippen molar-refractivity contribution in [3.8, 4) is 6.07 Å². The van der Waals surface area contributed by atoms with Crippen molar-refractivity contribution in [3.05, 3.63) is 35.4 Å². The molecule has 0 aromatic heterocycles. The predicted molar refractivity (Wildman–Crippen MR) is 68.0 cm³/mol. The third-order valence-corrected chi connectivity index (χ3v) is 3.83. The molecule has 1 aliphatic rings. The average molecular weight is 243 g/mol. The third kappa shape index (κ3) is 2.70. The van der Waals surface area contributed by atoms with Crippen molar-refractivity contribution in [2.24, 2.45) is 11.8 Å². The van der Waals surface area contributed by atoms with Crippen LogP contribution in [-0.2, 0) is 4.79 Å². The van der Waals surface area contributed by atoms with Crippen LogP contribution in [0.15, 0.2) is 24.3 Å². The Bertz CT molecular complexity index is 472. The van der Waals surface area contributed by atoms with Crippen molar-refractivity contribution >= 4 is 5.97 Å². The Balaban J connectivity index is 2.00. The van der Waals surface area contributed by atoms with Gasteiger partial charge < -0.3 is 5.11 Å². The van der Waals surface area contributed by atoms with E-state index in [1.807, 2.05) is 24.3 Å². The minimum Gasteiger partial charge on any atom is -0.481 e. The number of carboxylic acids is 1. The summed E-state index contributed by atoms with van der Waals surface area (Å²) in [4.78, 5) is 10.8. The molecule has 1 saturated carbocycles. The van der Waals surface area contributed by atoms with E-state index in [1.165, 1.54) is 5.56 Å². The molecule has 2 rings (SSSR count). The Labute approximate surface area is 107 Å². The van der Waals surface area contributed by atoms with Gasteiger partial charge in [-0.05, 0) is 48.8 Å². The molecular formula is C15H17NO2. The normalized spacial score (nSPS) is 23.1. The smallest absolute Gasteiger partial charge is 0.306 e. The van der Waals surface area contributed by atoms with E-state index in [0.29, 0.717) is 17.4 Å². The van der Waals surface area contributed by atoms with Crippen LogP contribution in [0, 0.1) is 23.2 Å². The lowest BCUT2D eigenvalue weighted by atomic mass is 9.90. The van der Waals surface area contributed by atoms with Gasteiger partial charge in [0, 0.05) is 0 Å². The molecule has 0 amide bonds. The van der Waals surface area contributed by atoms with Gasteiger partial charge in [0.05, 0.1) is 17.6 Å². The largest absolute Gasteiger partial charge is 0.481 e. The van der Waals surface area contributed by atoms with Crippen molar-refractivity contribution in [2.75, 3.05) is 0 Å². The highest BCUT2D eigenvalue weighted by Crippen LogP contribution is 2.45. The van der Waals surface area contributed by atoms with Crippen LogP contribution in [0.2, 0.25) is 0 Å². The molecule has 0 saturated heterocycles. The van der Waals surface area contributed by atoms with E-state index in [0.717, 1.165) is 19.3 Å². The van der Waals surface area contributed by atoms with Crippen LogP contribution in [0.1, 0.15) is 43.2 Å². The molecular weight excluding hydrogens is 226 g/mol. The summed E-state index contributed by atoms with van der Waals surface area (Å²) < 4.78 is 0. The maximum absolute atomic E-state index is 10.8. The first kappa shape index (κ1) is 12.6. The van der Waals surface area contributed by atoms with Crippen LogP contribution in [0.4, 0.5) is 0 Å². The maximum atomic E-state index is 10.8. The van der Waals surface area contributed by atoms with Crippen molar-refractivity contribution < 1.29 is 9.90 Å². The number of hydrogen-bond acceptors (Lipinski definition) is 2. The number of nitrogens with zero attached hydrogens (tertiary/aromatic N) is 1. The van der Waals surface area contributed by atoms with Gasteiger partial charge >= 0.3 is 5.97 Å². The molecule has 94 valence electrons. The van der Waals surface area contributed by atoms with Crippen molar-refractivity contribution in [1.29, 1.82) is 5.26 Å². The summed E-state index contributed by atoms with van der Waals surface area (Å²) in [5.41, 5.74) is 1.89. The zero-order chi connectivity index (χ0) is 13.1. The van der Waals surface area contributed by atoms with Gasteiger partial charge in [-0.15, -0.1) is 0 Å².